The van der Waals surface area contributed by atoms with E-state index in [9.17, 15) is 13.2 Å². The van der Waals surface area contributed by atoms with Crippen LogP contribution in [-0.4, -0.2) is 43.4 Å². The molecule has 0 aliphatic carbocycles. The quantitative estimate of drug-likeness (QED) is 0.615. The van der Waals surface area contributed by atoms with Gasteiger partial charge in [-0.15, -0.1) is 11.6 Å². The maximum absolute atomic E-state index is 11.3. The molecule has 0 aromatic carbocycles. The normalized spacial score (nSPS) is 11.9. The highest BCUT2D eigenvalue weighted by molar-refractivity contribution is 7.89. The van der Waals surface area contributed by atoms with Gasteiger partial charge in [0.15, 0.2) is 0 Å². The van der Waals surface area contributed by atoms with Crippen LogP contribution in [0.2, 0.25) is 0 Å². The number of alkyl halides is 1. The average molecular weight is 229 g/mol. The molecule has 78 valence electrons. The fourth-order valence-corrected chi connectivity index (χ4v) is 2.56. The van der Waals surface area contributed by atoms with Gasteiger partial charge in [0.2, 0.25) is 15.9 Å². The highest BCUT2D eigenvalue weighted by Gasteiger charge is 2.20. The zero-order valence-electron chi connectivity index (χ0n) is 7.36. The molecule has 0 saturated carbocycles. The van der Waals surface area contributed by atoms with E-state index in [-0.39, 0.29) is 24.7 Å². The number of hydrogen-bond donors (Lipinski definition) is 1. The number of rotatable bonds is 6. The third kappa shape index (κ3) is 4.44. The second kappa shape index (κ2) is 5.41. The van der Waals surface area contributed by atoms with Crippen molar-refractivity contribution in [1.82, 2.24) is 4.31 Å². The highest BCUT2D eigenvalue weighted by atomic mass is 35.5. The molecule has 13 heavy (non-hydrogen) atoms. The molecule has 0 bridgehead atoms. The third-order valence-electron chi connectivity index (χ3n) is 1.41. The van der Waals surface area contributed by atoms with Crippen LogP contribution in [0.1, 0.15) is 6.92 Å². The molecule has 0 saturated heterocycles. The molecule has 1 amide bonds. The molecule has 0 aromatic heterocycles. The van der Waals surface area contributed by atoms with Gasteiger partial charge < -0.3 is 5.73 Å². The molecule has 0 aliphatic rings. The minimum absolute atomic E-state index is 0.0115. The zero-order valence-corrected chi connectivity index (χ0v) is 8.94. The summed E-state index contributed by atoms with van der Waals surface area (Å²) < 4.78 is 23.7. The Hall–Kier alpha value is -0.330. The van der Waals surface area contributed by atoms with Gasteiger partial charge in [0.05, 0.1) is 12.3 Å². The first-order valence-electron chi connectivity index (χ1n) is 3.76. The molecule has 0 spiro atoms. The lowest BCUT2D eigenvalue weighted by Gasteiger charge is -2.17. The first-order valence-corrected chi connectivity index (χ1v) is 5.90. The Balaban J connectivity index is 4.47. The number of amides is 1. The minimum atomic E-state index is -3.42. The summed E-state index contributed by atoms with van der Waals surface area (Å²) in [5.74, 6) is -0.826. The van der Waals surface area contributed by atoms with E-state index in [1.54, 1.807) is 6.92 Å². The molecule has 0 unspecified atom stereocenters. The van der Waals surface area contributed by atoms with Gasteiger partial charge in [-0.2, -0.15) is 4.31 Å². The summed E-state index contributed by atoms with van der Waals surface area (Å²) in [4.78, 5) is 10.5. The van der Waals surface area contributed by atoms with Crippen molar-refractivity contribution in [1.29, 1.82) is 0 Å². The van der Waals surface area contributed by atoms with Crippen LogP contribution in [0.4, 0.5) is 0 Å². The summed E-state index contributed by atoms with van der Waals surface area (Å²) >= 11 is 5.30. The van der Waals surface area contributed by atoms with Gasteiger partial charge in [0, 0.05) is 12.4 Å². The molecule has 5 nitrogen and oxygen atoms in total. The number of carbonyl (C=O) groups is 1. The van der Waals surface area contributed by atoms with E-state index in [1.165, 1.54) is 0 Å². The van der Waals surface area contributed by atoms with E-state index in [0.29, 0.717) is 0 Å². The second-order valence-corrected chi connectivity index (χ2v) is 4.86. The molecule has 0 rings (SSSR count). The molecule has 0 fully saturated rings. The number of sulfonamides is 1. The topological polar surface area (TPSA) is 80.5 Å². The number of hydrogen-bond acceptors (Lipinski definition) is 3. The predicted molar refractivity (Wildman–Crippen MR) is 50.9 cm³/mol. The van der Waals surface area contributed by atoms with Crippen molar-refractivity contribution in [3.8, 4) is 0 Å². The molecule has 0 heterocycles. The Morgan fingerprint density at radius 3 is 2.38 bits per heavy atom. The van der Waals surface area contributed by atoms with Crippen LogP contribution in [0.15, 0.2) is 0 Å². The molecule has 0 aromatic rings. The van der Waals surface area contributed by atoms with Gasteiger partial charge in [-0.05, 0) is 0 Å². The van der Waals surface area contributed by atoms with E-state index in [2.05, 4.69) is 0 Å². The lowest BCUT2D eigenvalue weighted by Crippen LogP contribution is -2.39. The fourth-order valence-electron chi connectivity index (χ4n) is 0.807. The molecule has 2 N–H and O–H groups in total. The molecule has 0 radical (unpaired) electrons. The Morgan fingerprint density at radius 2 is 2.08 bits per heavy atom. The monoisotopic (exact) mass is 228 g/mol. The Morgan fingerprint density at radius 1 is 1.54 bits per heavy atom. The van der Waals surface area contributed by atoms with Gasteiger partial charge >= 0.3 is 0 Å². The number of carbonyl (C=O) groups excluding carboxylic acids is 1. The van der Waals surface area contributed by atoms with E-state index in [0.717, 1.165) is 4.31 Å². The number of halogens is 1. The average Bonchev–Trinajstić information content (AvgIpc) is 1.99. The van der Waals surface area contributed by atoms with E-state index in [1.807, 2.05) is 0 Å². The van der Waals surface area contributed by atoms with Crippen molar-refractivity contribution in [3.63, 3.8) is 0 Å². The number of primary amides is 1. The third-order valence-corrected chi connectivity index (χ3v) is 3.72. The van der Waals surface area contributed by atoms with Crippen molar-refractivity contribution in [2.45, 2.75) is 6.92 Å². The van der Waals surface area contributed by atoms with Crippen LogP contribution >= 0.6 is 11.6 Å². The summed E-state index contributed by atoms with van der Waals surface area (Å²) in [5.41, 5.74) is 4.88. The lowest BCUT2D eigenvalue weighted by atomic mass is 10.6. The predicted octanol–water partition coefficient (Wildman–Crippen LogP) is -0.638. The standard InChI is InChI=1S/C6H13ClN2O3S/c1-2-9(5-6(8)10)13(11,12)4-3-7/h2-5H2,1H3,(H2,8,10). The summed E-state index contributed by atoms with van der Waals surface area (Å²) in [6.07, 6.45) is 0. The van der Waals surface area contributed by atoms with Crippen molar-refractivity contribution >= 4 is 27.5 Å². The molecule has 0 aliphatic heterocycles. The number of nitrogens with two attached hydrogens (primary N) is 1. The van der Waals surface area contributed by atoms with Crippen molar-refractivity contribution in [2.75, 3.05) is 24.7 Å². The van der Waals surface area contributed by atoms with Crippen LogP contribution in [0, 0.1) is 0 Å². The van der Waals surface area contributed by atoms with Gasteiger partial charge in [0.1, 0.15) is 0 Å². The summed E-state index contributed by atoms with van der Waals surface area (Å²) in [6.45, 7) is 1.58. The molecule has 0 atom stereocenters. The first kappa shape index (κ1) is 12.7. The van der Waals surface area contributed by atoms with E-state index >= 15 is 0 Å². The van der Waals surface area contributed by atoms with Gasteiger partial charge in [-0.3, -0.25) is 4.79 Å². The second-order valence-electron chi connectivity index (χ2n) is 2.40. The number of nitrogens with zero attached hydrogens (tertiary/aromatic N) is 1. The van der Waals surface area contributed by atoms with Crippen LogP contribution < -0.4 is 5.73 Å². The minimum Gasteiger partial charge on any atom is -0.369 e. The smallest absolute Gasteiger partial charge is 0.232 e. The molecular formula is C6H13ClN2O3S. The van der Waals surface area contributed by atoms with Gasteiger partial charge in [-0.1, -0.05) is 6.92 Å². The van der Waals surface area contributed by atoms with Crippen molar-refractivity contribution in [2.24, 2.45) is 5.73 Å². The van der Waals surface area contributed by atoms with Gasteiger partial charge in [-0.25, -0.2) is 8.42 Å². The summed E-state index contributed by atoms with van der Waals surface area (Å²) in [6, 6.07) is 0. The fraction of sp³-hybridized carbons (Fsp3) is 0.833. The van der Waals surface area contributed by atoms with Crippen LogP contribution in [0.5, 0.6) is 0 Å². The Labute approximate surface area is 82.9 Å². The van der Waals surface area contributed by atoms with Gasteiger partial charge in [0.25, 0.3) is 0 Å². The maximum Gasteiger partial charge on any atom is 0.232 e. The largest absolute Gasteiger partial charge is 0.369 e. The van der Waals surface area contributed by atoms with Crippen LogP contribution in [0.3, 0.4) is 0 Å². The molecular weight excluding hydrogens is 216 g/mol. The van der Waals surface area contributed by atoms with Crippen LogP contribution in [-0.2, 0) is 14.8 Å². The Bertz CT molecular complexity index is 265. The van der Waals surface area contributed by atoms with Crippen molar-refractivity contribution in [3.05, 3.63) is 0 Å². The summed E-state index contributed by atoms with van der Waals surface area (Å²) in [7, 11) is -3.42. The Kier molecular flexibility index (Phi) is 5.27. The lowest BCUT2D eigenvalue weighted by molar-refractivity contribution is -0.118. The van der Waals surface area contributed by atoms with E-state index < -0.39 is 15.9 Å². The zero-order chi connectivity index (χ0) is 10.5. The SMILES string of the molecule is CCN(CC(N)=O)S(=O)(=O)CCCl. The highest BCUT2D eigenvalue weighted by Crippen LogP contribution is 2.01. The number of likely N-dealkylation sites (N-methyl/N-ethyl adjacent to an activating group) is 1. The maximum atomic E-state index is 11.3. The first-order chi connectivity index (χ1) is 5.94. The van der Waals surface area contributed by atoms with E-state index in [4.69, 9.17) is 17.3 Å². The summed E-state index contributed by atoms with van der Waals surface area (Å²) in [5, 5.41) is 0. The molecule has 7 heteroatoms. The van der Waals surface area contributed by atoms with Crippen molar-refractivity contribution < 1.29 is 13.2 Å². The van der Waals surface area contributed by atoms with Crippen LogP contribution in [0.25, 0.3) is 0 Å².